The zero-order valence-corrected chi connectivity index (χ0v) is 13.1. The minimum atomic E-state index is -4.49. The van der Waals surface area contributed by atoms with Crippen LogP contribution in [0.2, 0.25) is 0 Å². The fraction of sp³-hybridized carbons (Fsp3) is 0.182. The van der Waals surface area contributed by atoms with Crippen LogP contribution in [0.5, 0.6) is 0 Å². The third-order valence-corrected chi connectivity index (χ3v) is 4.57. The van der Waals surface area contributed by atoms with Gasteiger partial charge in [-0.05, 0) is 12.1 Å². The second-order valence-corrected chi connectivity index (χ2v) is 6.47. The quantitative estimate of drug-likeness (QED) is 0.764. The molecule has 2 nitrogen and oxygen atoms in total. The van der Waals surface area contributed by atoms with Gasteiger partial charge in [0.2, 0.25) is 0 Å². The normalized spacial score (nSPS) is 13.6. The minimum absolute atomic E-state index is 0.148. The first-order valence-corrected chi connectivity index (χ1v) is 7.35. The van der Waals surface area contributed by atoms with Gasteiger partial charge >= 0.3 is 6.18 Å². The van der Waals surface area contributed by atoms with E-state index in [2.05, 4.69) is 36.8 Å². The highest BCUT2D eigenvalue weighted by Crippen LogP contribution is 2.37. The third-order valence-electron chi connectivity index (χ3n) is 2.29. The summed E-state index contributed by atoms with van der Waals surface area (Å²) in [5.74, 6) is 0. The summed E-state index contributed by atoms with van der Waals surface area (Å²) in [5, 5.41) is 9.14. The largest absolute Gasteiger partial charge is 0.443 e. The molecule has 19 heavy (non-hydrogen) atoms. The first kappa shape index (κ1) is 15.0. The van der Waals surface area contributed by atoms with Gasteiger partial charge < -0.3 is 5.11 Å². The predicted octanol–water partition coefficient (Wildman–Crippen LogP) is 4.77. The number of rotatable bonds is 2. The number of thiazole rings is 1. The van der Waals surface area contributed by atoms with Crippen LogP contribution in [-0.4, -0.2) is 10.1 Å². The molecule has 8 heteroatoms. The predicted molar refractivity (Wildman–Crippen MR) is 73.0 cm³/mol. The minimum Gasteiger partial charge on any atom is -0.383 e. The molecule has 0 fully saturated rings. The molecule has 1 N–H and O–H groups in total. The van der Waals surface area contributed by atoms with Gasteiger partial charge in [-0.15, -0.1) is 11.3 Å². The van der Waals surface area contributed by atoms with Crippen molar-refractivity contribution in [3.8, 4) is 0 Å². The van der Waals surface area contributed by atoms with Gasteiger partial charge in [0.05, 0.1) is 4.88 Å². The van der Waals surface area contributed by atoms with E-state index in [4.69, 9.17) is 0 Å². The van der Waals surface area contributed by atoms with Crippen LogP contribution in [0, 0.1) is 0 Å². The fourth-order valence-electron chi connectivity index (χ4n) is 1.42. The molecule has 0 aliphatic heterocycles. The van der Waals surface area contributed by atoms with Crippen molar-refractivity contribution in [1.82, 2.24) is 4.98 Å². The van der Waals surface area contributed by atoms with Gasteiger partial charge in [-0.1, -0.05) is 37.9 Å². The summed E-state index contributed by atoms with van der Waals surface area (Å²) in [5.41, 5.74) is 0.487. The van der Waals surface area contributed by atoms with Crippen molar-refractivity contribution >= 4 is 43.2 Å². The van der Waals surface area contributed by atoms with E-state index in [1.165, 1.54) is 0 Å². The Morgan fingerprint density at radius 1 is 1.26 bits per heavy atom. The topological polar surface area (TPSA) is 33.1 Å². The number of benzene rings is 1. The Balaban J connectivity index is 2.34. The molecule has 1 unspecified atom stereocenters. The lowest BCUT2D eigenvalue weighted by molar-refractivity contribution is -0.137. The molecule has 2 rings (SSSR count). The Hall–Kier alpha value is -0.440. The molecule has 2 aromatic rings. The van der Waals surface area contributed by atoms with Crippen molar-refractivity contribution in [2.45, 2.75) is 12.3 Å². The summed E-state index contributed by atoms with van der Waals surface area (Å²) in [4.78, 5) is 3.44. The van der Waals surface area contributed by atoms with Crippen molar-refractivity contribution in [1.29, 1.82) is 0 Å². The van der Waals surface area contributed by atoms with E-state index in [-0.39, 0.29) is 4.88 Å². The molecule has 0 amide bonds. The van der Waals surface area contributed by atoms with Gasteiger partial charge in [0.15, 0.2) is 5.01 Å². The Morgan fingerprint density at radius 3 is 2.47 bits per heavy atom. The van der Waals surface area contributed by atoms with Crippen LogP contribution >= 0.6 is 43.2 Å². The number of alkyl halides is 3. The van der Waals surface area contributed by atoms with Crippen LogP contribution < -0.4 is 0 Å². The van der Waals surface area contributed by atoms with Crippen LogP contribution in [0.25, 0.3) is 0 Å². The van der Waals surface area contributed by atoms with Crippen molar-refractivity contribution in [2.24, 2.45) is 0 Å². The van der Waals surface area contributed by atoms with Gasteiger partial charge in [-0.25, -0.2) is 4.98 Å². The highest BCUT2D eigenvalue weighted by molar-refractivity contribution is 9.11. The van der Waals surface area contributed by atoms with Crippen molar-refractivity contribution in [3.63, 3.8) is 0 Å². The lowest BCUT2D eigenvalue weighted by Crippen LogP contribution is -2.03. The maximum absolute atomic E-state index is 12.5. The molecule has 0 saturated carbocycles. The van der Waals surface area contributed by atoms with E-state index in [9.17, 15) is 18.3 Å². The van der Waals surface area contributed by atoms with E-state index in [0.29, 0.717) is 21.4 Å². The smallest absolute Gasteiger partial charge is 0.383 e. The molecule has 0 bridgehead atoms. The molecule has 0 aliphatic carbocycles. The Kier molecular flexibility index (Phi) is 4.34. The standard InChI is InChI=1S/C11H6Br2F3NOS/c12-5-1-2-6(7(13)3-5)9(18)8-4-17-10(19-8)11(14,15)16/h1-4,9,18H. The summed E-state index contributed by atoms with van der Waals surface area (Å²) in [6, 6.07) is 5.05. The highest BCUT2D eigenvalue weighted by Gasteiger charge is 2.35. The average Bonchev–Trinajstić information content (AvgIpc) is 2.76. The Morgan fingerprint density at radius 2 is 1.95 bits per heavy atom. The number of aromatic nitrogens is 1. The Labute approximate surface area is 127 Å². The average molecular weight is 417 g/mol. The molecule has 0 spiro atoms. The van der Waals surface area contributed by atoms with Gasteiger partial charge in [0, 0.05) is 20.7 Å². The van der Waals surface area contributed by atoms with Crippen molar-refractivity contribution < 1.29 is 18.3 Å². The van der Waals surface area contributed by atoms with Gasteiger partial charge in [0.1, 0.15) is 6.10 Å². The molecule has 1 aromatic heterocycles. The molecular formula is C11H6Br2F3NOS. The zero-order valence-electron chi connectivity index (χ0n) is 9.08. The van der Waals surface area contributed by atoms with Gasteiger partial charge in [0.25, 0.3) is 0 Å². The Bertz CT molecular complexity index is 600. The first-order chi connectivity index (χ1) is 8.79. The third kappa shape index (κ3) is 3.36. The maximum atomic E-state index is 12.5. The van der Waals surface area contributed by atoms with E-state index in [1.54, 1.807) is 18.2 Å². The van der Waals surface area contributed by atoms with Crippen LogP contribution in [0.4, 0.5) is 13.2 Å². The van der Waals surface area contributed by atoms with Crippen LogP contribution in [0.1, 0.15) is 21.6 Å². The number of hydrogen-bond donors (Lipinski definition) is 1. The second kappa shape index (κ2) is 5.51. The zero-order chi connectivity index (χ0) is 14.2. The van der Waals surface area contributed by atoms with Crippen molar-refractivity contribution in [3.05, 3.63) is 48.8 Å². The molecule has 1 atom stereocenters. The molecular weight excluding hydrogens is 411 g/mol. The summed E-state index contributed by atoms with van der Waals surface area (Å²) in [6.07, 6.45) is -4.58. The molecule has 1 aromatic carbocycles. The van der Waals surface area contributed by atoms with Crippen molar-refractivity contribution in [2.75, 3.05) is 0 Å². The van der Waals surface area contributed by atoms with Gasteiger partial charge in [-0.2, -0.15) is 13.2 Å². The fourth-order valence-corrected chi connectivity index (χ4v) is 3.47. The number of aliphatic hydroxyl groups excluding tert-OH is 1. The maximum Gasteiger partial charge on any atom is 0.443 e. The van der Waals surface area contributed by atoms with E-state index in [1.807, 2.05) is 0 Å². The molecule has 0 radical (unpaired) electrons. The summed E-state index contributed by atoms with van der Waals surface area (Å²) in [6.45, 7) is 0. The molecule has 0 aliphatic rings. The van der Waals surface area contributed by atoms with Crippen LogP contribution in [-0.2, 0) is 6.18 Å². The SMILES string of the molecule is OC(c1cnc(C(F)(F)F)s1)c1ccc(Br)cc1Br. The summed E-state index contributed by atoms with van der Waals surface area (Å²) >= 11 is 6.96. The molecule has 1 heterocycles. The molecule has 102 valence electrons. The monoisotopic (exact) mass is 415 g/mol. The second-order valence-electron chi connectivity index (χ2n) is 3.63. The molecule has 0 saturated heterocycles. The summed E-state index contributed by atoms with van der Waals surface area (Å²) in [7, 11) is 0. The van der Waals surface area contributed by atoms with Crippen LogP contribution in [0.3, 0.4) is 0 Å². The van der Waals surface area contributed by atoms with E-state index >= 15 is 0 Å². The summed E-state index contributed by atoms with van der Waals surface area (Å²) < 4.78 is 38.8. The highest BCUT2D eigenvalue weighted by atomic mass is 79.9. The number of nitrogens with zero attached hydrogens (tertiary/aromatic N) is 1. The lowest BCUT2D eigenvalue weighted by atomic mass is 10.1. The van der Waals surface area contributed by atoms with E-state index in [0.717, 1.165) is 10.7 Å². The van der Waals surface area contributed by atoms with Gasteiger partial charge in [-0.3, -0.25) is 0 Å². The number of halogens is 5. The lowest BCUT2D eigenvalue weighted by Gasteiger charge is -2.11. The number of aliphatic hydroxyl groups is 1. The van der Waals surface area contributed by atoms with Crippen LogP contribution in [0.15, 0.2) is 33.3 Å². The van der Waals surface area contributed by atoms with E-state index < -0.39 is 17.3 Å². The number of hydrogen-bond acceptors (Lipinski definition) is 3. The first-order valence-electron chi connectivity index (χ1n) is 4.95.